The molecule has 3 heteroatoms. The second-order valence-electron chi connectivity index (χ2n) is 5.09. The molecular formula is C15H19FO2. The molecule has 1 unspecified atom stereocenters. The highest BCUT2D eigenvalue weighted by molar-refractivity contribution is 5.76. The van der Waals surface area contributed by atoms with Gasteiger partial charge in [-0.05, 0) is 24.8 Å². The van der Waals surface area contributed by atoms with E-state index in [9.17, 15) is 14.3 Å². The summed E-state index contributed by atoms with van der Waals surface area (Å²) in [5.74, 6) is -1.91. The van der Waals surface area contributed by atoms with Gasteiger partial charge in [-0.3, -0.25) is 4.79 Å². The summed E-state index contributed by atoms with van der Waals surface area (Å²) in [6.07, 6.45) is 6.24. The summed E-state index contributed by atoms with van der Waals surface area (Å²) in [5, 5.41) is 9.43. The number of hydrogen-bond acceptors (Lipinski definition) is 1. The molecule has 0 bridgehead atoms. The van der Waals surface area contributed by atoms with Crippen LogP contribution < -0.4 is 0 Å². The van der Waals surface area contributed by atoms with Gasteiger partial charge < -0.3 is 5.11 Å². The number of carbonyl (C=O) groups is 1. The average molecular weight is 250 g/mol. The maximum Gasteiger partial charge on any atom is 0.311 e. The Balaban J connectivity index is 2.27. The highest BCUT2D eigenvalue weighted by Gasteiger charge is 2.31. The number of halogens is 1. The Bertz CT molecular complexity index is 409. The first kappa shape index (κ1) is 13.1. The van der Waals surface area contributed by atoms with Crippen LogP contribution in [0.4, 0.5) is 4.39 Å². The second-order valence-corrected chi connectivity index (χ2v) is 5.09. The number of aliphatic carboxylic acids is 1. The molecule has 2 rings (SSSR count). The van der Waals surface area contributed by atoms with Crippen molar-refractivity contribution in [2.24, 2.45) is 5.92 Å². The molecule has 98 valence electrons. The topological polar surface area (TPSA) is 37.3 Å². The fourth-order valence-corrected chi connectivity index (χ4v) is 2.96. The van der Waals surface area contributed by atoms with E-state index in [4.69, 9.17) is 0 Å². The average Bonchev–Trinajstić information content (AvgIpc) is 2.60. The van der Waals surface area contributed by atoms with Crippen molar-refractivity contribution in [1.82, 2.24) is 0 Å². The summed E-state index contributed by atoms with van der Waals surface area (Å²) in [4.78, 5) is 11.5. The highest BCUT2D eigenvalue weighted by Crippen LogP contribution is 2.36. The first-order valence-corrected chi connectivity index (χ1v) is 6.67. The van der Waals surface area contributed by atoms with Crippen molar-refractivity contribution in [2.45, 2.75) is 44.4 Å². The van der Waals surface area contributed by atoms with Gasteiger partial charge in [0.2, 0.25) is 0 Å². The molecule has 0 aliphatic heterocycles. The third-order valence-electron chi connectivity index (χ3n) is 3.88. The van der Waals surface area contributed by atoms with Gasteiger partial charge in [-0.2, -0.15) is 0 Å². The number of benzene rings is 1. The van der Waals surface area contributed by atoms with E-state index in [1.54, 1.807) is 18.2 Å². The molecule has 0 heterocycles. The van der Waals surface area contributed by atoms with Gasteiger partial charge in [0.05, 0.1) is 5.92 Å². The lowest BCUT2D eigenvalue weighted by Crippen LogP contribution is -2.22. The van der Waals surface area contributed by atoms with Gasteiger partial charge in [0.15, 0.2) is 0 Å². The maximum atomic E-state index is 13.8. The summed E-state index contributed by atoms with van der Waals surface area (Å²) in [6.45, 7) is 0. The summed E-state index contributed by atoms with van der Waals surface area (Å²) in [5.41, 5.74) is 0.344. The molecule has 1 aromatic carbocycles. The zero-order valence-corrected chi connectivity index (χ0v) is 10.4. The molecule has 1 N–H and O–H groups in total. The molecular weight excluding hydrogens is 231 g/mol. The Morgan fingerprint density at radius 2 is 1.78 bits per heavy atom. The normalized spacial score (nSPS) is 19.2. The molecule has 0 saturated heterocycles. The van der Waals surface area contributed by atoms with Crippen molar-refractivity contribution >= 4 is 5.97 Å². The lowest BCUT2D eigenvalue weighted by atomic mass is 9.81. The smallest absolute Gasteiger partial charge is 0.311 e. The predicted octanol–water partition coefficient (Wildman–Crippen LogP) is 3.96. The van der Waals surface area contributed by atoms with Crippen LogP contribution in [0.1, 0.15) is 50.0 Å². The van der Waals surface area contributed by atoms with E-state index in [-0.39, 0.29) is 5.92 Å². The van der Waals surface area contributed by atoms with E-state index in [0.717, 1.165) is 25.7 Å². The van der Waals surface area contributed by atoms with E-state index in [1.807, 2.05) is 0 Å². The molecule has 0 amide bonds. The van der Waals surface area contributed by atoms with Crippen molar-refractivity contribution in [1.29, 1.82) is 0 Å². The van der Waals surface area contributed by atoms with Crippen LogP contribution in [0.15, 0.2) is 24.3 Å². The van der Waals surface area contributed by atoms with Crippen LogP contribution in [-0.2, 0) is 4.79 Å². The summed E-state index contributed by atoms with van der Waals surface area (Å²) < 4.78 is 13.8. The molecule has 1 aromatic rings. The van der Waals surface area contributed by atoms with E-state index in [2.05, 4.69) is 0 Å². The summed E-state index contributed by atoms with van der Waals surface area (Å²) >= 11 is 0. The van der Waals surface area contributed by atoms with Gasteiger partial charge in [0, 0.05) is 5.56 Å². The predicted molar refractivity (Wildman–Crippen MR) is 68.0 cm³/mol. The van der Waals surface area contributed by atoms with E-state index in [1.165, 1.54) is 18.9 Å². The van der Waals surface area contributed by atoms with Crippen LogP contribution in [0.5, 0.6) is 0 Å². The Kier molecular flexibility index (Phi) is 4.34. The Labute approximate surface area is 107 Å². The minimum absolute atomic E-state index is 0.0712. The monoisotopic (exact) mass is 250 g/mol. The van der Waals surface area contributed by atoms with Gasteiger partial charge in [0.1, 0.15) is 5.82 Å². The standard InChI is InChI=1S/C15H19FO2/c16-13-10-6-5-9-12(13)14(15(17)18)11-7-3-1-2-4-8-11/h5-6,9-11,14H,1-4,7-8H2,(H,17,18). The van der Waals surface area contributed by atoms with Crippen molar-refractivity contribution in [3.8, 4) is 0 Å². The zero-order valence-electron chi connectivity index (χ0n) is 10.4. The molecule has 18 heavy (non-hydrogen) atoms. The van der Waals surface area contributed by atoms with E-state index in [0.29, 0.717) is 5.56 Å². The molecule has 1 fully saturated rings. The van der Waals surface area contributed by atoms with Gasteiger partial charge in [0.25, 0.3) is 0 Å². The third-order valence-corrected chi connectivity index (χ3v) is 3.88. The lowest BCUT2D eigenvalue weighted by Gasteiger charge is -2.23. The Hall–Kier alpha value is -1.38. The summed E-state index contributed by atoms with van der Waals surface area (Å²) in [6, 6.07) is 6.27. The molecule has 1 aliphatic rings. The maximum absolute atomic E-state index is 13.8. The first-order chi connectivity index (χ1) is 8.70. The Morgan fingerprint density at radius 1 is 1.17 bits per heavy atom. The fraction of sp³-hybridized carbons (Fsp3) is 0.533. The van der Waals surface area contributed by atoms with Gasteiger partial charge in [-0.25, -0.2) is 4.39 Å². The number of hydrogen-bond donors (Lipinski definition) is 1. The molecule has 1 aliphatic carbocycles. The first-order valence-electron chi connectivity index (χ1n) is 6.67. The summed E-state index contributed by atoms with van der Waals surface area (Å²) in [7, 11) is 0. The van der Waals surface area contributed by atoms with Crippen LogP contribution in [0.3, 0.4) is 0 Å². The highest BCUT2D eigenvalue weighted by atomic mass is 19.1. The van der Waals surface area contributed by atoms with Crippen molar-refractivity contribution in [2.75, 3.05) is 0 Å². The molecule has 1 saturated carbocycles. The van der Waals surface area contributed by atoms with Crippen LogP contribution in [0.2, 0.25) is 0 Å². The molecule has 0 radical (unpaired) electrons. The van der Waals surface area contributed by atoms with Crippen molar-refractivity contribution in [3.05, 3.63) is 35.6 Å². The van der Waals surface area contributed by atoms with Crippen molar-refractivity contribution in [3.63, 3.8) is 0 Å². The van der Waals surface area contributed by atoms with Crippen LogP contribution in [-0.4, -0.2) is 11.1 Å². The zero-order chi connectivity index (χ0) is 13.0. The van der Waals surface area contributed by atoms with E-state index >= 15 is 0 Å². The van der Waals surface area contributed by atoms with Gasteiger partial charge >= 0.3 is 5.97 Å². The van der Waals surface area contributed by atoms with Crippen LogP contribution >= 0.6 is 0 Å². The number of carboxylic acids is 1. The second kappa shape index (κ2) is 5.98. The largest absolute Gasteiger partial charge is 0.481 e. The SMILES string of the molecule is O=C(O)C(c1ccccc1F)C1CCCCCC1. The molecule has 2 nitrogen and oxygen atoms in total. The van der Waals surface area contributed by atoms with Crippen LogP contribution in [0, 0.1) is 11.7 Å². The minimum Gasteiger partial charge on any atom is -0.481 e. The lowest BCUT2D eigenvalue weighted by molar-refractivity contribution is -0.140. The number of carboxylic acid groups (broad SMARTS) is 1. The molecule has 0 aromatic heterocycles. The van der Waals surface area contributed by atoms with Crippen LogP contribution in [0.25, 0.3) is 0 Å². The minimum atomic E-state index is -0.896. The third kappa shape index (κ3) is 2.89. The fourth-order valence-electron chi connectivity index (χ4n) is 2.96. The van der Waals surface area contributed by atoms with Crippen molar-refractivity contribution < 1.29 is 14.3 Å². The van der Waals surface area contributed by atoms with Gasteiger partial charge in [-0.15, -0.1) is 0 Å². The number of rotatable bonds is 3. The quantitative estimate of drug-likeness (QED) is 0.824. The van der Waals surface area contributed by atoms with E-state index < -0.39 is 17.7 Å². The van der Waals surface area contributed by atoms with Gasteiger partial charge in [-0.1, -0.05) is 43.9 Å². The Morgan fingerprint density at radius 3 is 2.33 bits per heavy atom. The molecule has 0 spiro atoms. The molecule has 1 atom stereocenters.